The molecule has 5 heteroatoms. The van der Waals surface area contributed by atoms with Crippen LogP contribution in [0.5, 0.6) is 0 Å². The van der Waals surface area contributed by atoms with Gasteiger partial charge in [-0.05, 0) is 49.6 Å². The summed E-state index contributed by atoms with van der Waals surface area (Å²) in [6.45, 7) is 5.21. The summed E-state index contributed by atoms with van der Waals surface area (Å²) >= 11 is 0. The molecule has 1 saturated heterocycles. The minimum Gasteiger partial charge on any atom is -0.372 e. The zero-order chi connectivity index (χ0) is 19.1. The van der Waals surface area contributed by atoms with E-state index >= 15 is 0 Å². The van der Waals surface area contributed by atoms with E-state index in [4.69, 9.17) is 0 Å². The Labute approximate surface area is 161 Å². The largest absolute Gasteiger partial charge is 0.372 e. The molecule has 2 aromatic carbocycles. The Kier molecular flexibility index (Phi) is 6.47. The zero-order valence-corrected chi connectivity index (χ0v) is 15.9. The molecule has 2 amide bonds. The number of anilines is 2. The molecule has 1 heterocycles. The van der Waals surface area contributed by atoms with Crippen molar-refractivity contribution in [2.75, 3.05) is 29.9 Å². The molecule has 0 aromatic heterocycles. The van der Waals surface area contributed by atoms with Crippen LogP contribution in [-0.2, 0) is 16.1 Å². The van der Waals surface area contributed by atoms with E-state index in [1.165, 1.54) is 18.5 Å². The number of carbonyl (C=O) groups excluding carboxylic acids is 2. The second-order valence-corrected chi connectivity index (χ2v) is 6.86. The van der Waals surface area contributed by atoms with E-state index in [1.807, 2.05) is 61.5 Å². The average molecular weight is 365 g/mol. The van der Waals surface area contributed by atoms with Gasteiger partial charge in [-0.15, -0.1) is 0 Å². The Hall–Kier alpha value is -2.82. The predicted octanol–water partition coefficient (Wildman–Crippen LogP) is 3.66. The van der Waals surface area contributed by atoms with Gasteiger partial charge in [0.25, 0.3) is 0 Å². The van der Waals surface area contributed by atoms with Crippen molar-refractivity contribution in [2.24, 2.45) is 0 Å². The third-order valence-electron chi connectivity index (χ3n) is 4.88. The first-order chi connectivity index (χ1) is 13.2. The second kappa shape index (κ2) is 9.21. The summed E-state index contributed by atoms with van der Waals surface area (Å²) in [7, 11) is 0. The fourth-order valence-corrected chi connectivity index (χ4v) is 3.37. The van der Waals surface area contributed by atoms with Gasteiger partial charge in [0.1, 0.15) is 6.42 Å². The number of nitrogens with zero attached hydrogens (tertiary/aromatic N) is 2. The van der Waals surface area contributed by atoms with Gasteiger partial charge in [-0.2, -0.15) is 0 Å². The molecule has 1 aliphatic heterocycles. The average Bonchev–Trinajstić information content (AvgIpc) is 3.22. The molecule has 27 heavy (non-hydrogen) atoms. The summed E-state index contributed by atoms with van der Waals surface area (Å²) in [5.74, 6) is -0.437. The summed E-state index contributed by atoms with van der Waals surface area (Å²) in [6.07, 6.45) is 2.32. The lowest BCUT2D eigenvalue weighted by Crippen LogP contribution is -2.33. The molecule has 0 bridgehead atoms. The van der Waals surface area contributed by atoms with Crippen molar-refractivity contribution >= 4 is 23.2 Å². The second-order valence-electron chi connectivity index (χ2n) is 6.86. The standard InChI is InChI=1S/C22H27N3O2/c1-2-24(17-18-8-4-3-5-9-18)22(27)16-21(26)23-19-10-12-20(13-11-19)25-14-6-7-15-25/h3-5,8-13H,2,6-7,14-17H2,1H3,(H,23,26). The highest BCUT2D eigenvalue weighted by Gasteiger charge is 2.17. The Morgan fingerprint density at radius 2 is 1.67 bits per heavy atom. The van der Waals surface area contributed by atoms with Crippen LogP contribution in [0, 0.1) is 0 Å². The van der Waals surface area contributed by atoms with Gasteiger partial charge < -0.3 is 15.1 Å². The molecule has 3 rings (SSSR count). The maximum absolute atomic E-state index is 12.5. The van der Waals surface area contributed by atoms with Gasteiger partial charge in [-0.3, -0.25) is 9.59 Å². The first-order valence-corrected chi connectivity index (χ1v) is 9.62. The highest BCUT2D eigenvalue weighted by Crippen LogP contribution is 2.22. The number of hydrogen-bond acceptors (Lipinski definition) is 3. The number of carbonyl (C=O) groups is 2. The zero-order valence-electron chi connectivity index (χ0n) is 15.9. The van der Waals surface area contributed by atoms with Gasteiger partial charge in [-0.25, -0.2) is 0 Å². The number of hydrogen-bond donors (Lipinski definition) is 1. The SMILES string of the molecule is CCN(Cc1ccccc1)C(=O)CC(=O)Nc1ccc(N2CCCC2)cc1. The number of rotatable bonds is 7. The van der Waals surface area contributed by atoms with Crippen LogP contribution in [0.4, 0.5) is 11.4 Å². The molecule has 1 aliphatic rings. The monoisotopic (exact) mass is 365 g/mol. The lowest BCUT2D eigenvalue weighted by atomic mass is 10.2. The highest BCUT2D eigenvalue weighted by atomic mass is 16.2. The maximum atomic E-state index is 12.5. The normalized spacial score (nSPS) is 13.4. The molecule has 1 N–H and O–H groups in total. The van der Waals surface area contributed by atoms with Crippen molar-refractivity contribution in [2.45, 2.75) is 32.7 Å². The summed E-state index contributed by atoms with van der Waals surface area (Å²) < 4.78 is 0. The van der Waals surface area contributed by atoms with Gasteiger partial charge in [0.05, 0.1) is 0 Å². The Balaban J connectivity index is 1.52. The van der Waals surface area contributed by atoms with Crippen LogP contribution >= 0.6 is 0 Å². The summed E-state index contributed by atoms with van der Waals surface area (Å²) in [5, 5.41) is 2.83. The Morgan fingerprint density at radius 3 is 2.30 bits per heavy atom. The van der Waals surface area contributed by atoms with E-state index in [-0.39, 0.29) is 18.2 Å². The van der Waals surface area contributed by atoms with Crippen LogP contribution in [0.1, 0.15) is 31.7 Å². The fraction of sp³-hybridized carbons (Fsp3) is 0.364. The molecular weight excluding hydrogens is 338 g/mol. The van der Waals surface area contributed by atoms with E-state index in [0.29, 0.717) is 13.1 Å². The van der Waals surface area contributed by atoms with E-state index in [0.717, 1.165) is 24.3 Å². The number of amides is 2. The Bertz CT molecular complexity index is 753. The molecular formula is C22H27N3O2. The molecule has 142 valence electrons. The van der Waals surface area contributed by atoms with Crippen LogP contribution < -0.4 is 10.2 Å². The van der Waals surface area contributed by atoms with Crippen molar-refractivity contribution in [3.8, 4) is 0 Å². The molecule has 2 aromatic rings. The van der Waals surface area contributed by atoms with Crippen LogP contribution in [0.25, 0.3) is 0 Å². The molecule has 0 atom stereocenters. The van der Waals surface area contributed by atoms with Crippen molar-refractivity contribution in [3.63, 3.8) is 0 Å². The molecule has 5 nitrogen and oxygen atoms in total. The first kappa shape index (κ1) is 19.0. The molecule has 1 fully saturated rings. The minimum absolute atomic E-state index is 0.144. The third-order valence-corrected chi connectivity index (χ3v) is 4.88. The summed E-state index contributed by atoms with van der Waals surface area (Å²) in [4.78, 5) is 28.8. The molecule has 0 unspecified atom stereocenters. The summed E-state index contributed by atoms with van der Waals surface area (Å²) in [6, 6.07) is 17.7. The van der Waals surface area contributed by atoms with E-state index in [1.54, 1.807) is 4.90 Å². The summed E-state index contributed by atoms with van der Waals surface area (Å²) in [5.41, 5.74) is 2.97. The predicted molar refractivity (Wildman–Crippen MR) is 109 cm³/mol. The van der Waals surface area contributed by atoms with Crippen molar-refractivity contribution in [1.29, 1.82) is 0 Å². The third kappa shape index (κ3) is 5.33. The van der Waals surface area contributed by atoms with Crippen molar-refractivity contribution < 1.29 is 9.59 Å². The molecule has 0 spiro atoms. The van der Waals surface area contributed by atoms with Gasteiger partial charge >= 0.3 is 0 Å². The smallest absolute Gasteiger partial charge is 0.233 e. The maximum Gasteiger partial charge on any atom is 0.233 e. The molecule has 0 aliphatic carbocycles. The van der Waals surface area contributed by atoms with E-state index < -0.39 is 0 Å². The van der Waals surface area contributed by atoms with Crippen molar-refractivity contribution in [3.05, 3.63) is 60.2 Å². The number of benzene rings is 2. The fourth-order valence-electron chi connectivity index (χ4n) is 3.37. The van der Waals surface area contributed by atoms with Crippen molar-refractivity contribution in [1.82, 2.24) is 4.90 Å². The topological polar surface area (TPSA) is 52.7 Å². The number of nitrogens with one attached hydrogen (secondary N) is 1. The minimum atomic E-state index is -0.277. The van der Waals surface area contributed by atoms with E-state index in [9.17, 15) is 9.59 Å². The lowest BCUT2D eigenvalue weighted by Gasteiger charge is -2.21. The molecule has 0 radical (unpaired) electrons. The van der Waals surface area contributed by atoms with Gasteiger partial charge in [0.15, 0.2) is 0 Å². The van der Waals surface area contributed by atoms with Gasteiger partial charge in [0.2, 0.25) is 11.8 Å². The van der Waals surface area contributed by atoms with Gasteiger partial charge in [0, 0.05) is 37.6 Å². The highest BCUT2D eigenvalue weighted by molar-refractivity contribution is 6.03. The lowest BCUT2D eigenvalue weighted by molar-refractivity contribution is -0.134. The van der Waals surface area contributed by atoms with Crippen LogP contribution in [-0.4, -0.2) is 36.3 Å². The van der Waals surface area contributed by atoms with Crippen LogP contribution in [0.3, 0.4) is 0 Å². The van der Waals surface area contributed by atoms with E-state index in [2.05, 4.69) is 10.2 Å². The molecule has 0 saturated carbocycles. The quantitative estimate of drug-likeness (QED) is 0.762. The van der Waals surface area contributed by atoms with Crippen LogP contribution in [0.15, 0.2) is 54.6 Å². The van der Waals surface area contributed by atoms with Gasteiger partial charge in [-0.1, -0.05) is 30.3 Å². The first-order valence-electron chi connectivity index (χ1n) is 9.62. The Morgan fingerprint density at radius 1 is 1.00 bits per heavy atom. The van der Waals surface area contributed by atoms with Crippen LogP contribution in [0.2, 0.25) is 0 Å².